The molecule has 32 heavy (non-hydrogen) atoms. The van der Waals surface area contributed by atoms with Gasteiger partial charge in [0.15, 0.2) is 23.0 Å². The average molecular weight is 447 g/mol. The minimum atomic E-state index is 0.618. The van der Waals surface area contributed by atoms with Gasteiger partial charge in [-0.2, -0.15) is 0 Å². The van der Waals surface area contributed by atoms with Crippen molar-refractivity contribution in [1.82, 2.24) is 9.80 Å². The molecule has 8 heteroatoms. The van der Waals surface area contributed by atoms with E-state index in [1.54, 1.807) is 42.7 Å². The first kappa shape index (κ1) is 23.8. The van der Waals surface area contributed by atoms with Crippen molar-refractivity contribution >= 4 is 0 Å². The van der Waals surface area contributed by atoms with E-state index in [1.165, 1.54) is 0 Å². The summed E-state index contributed by atoms with van der Waals surface area (Å²) in [6, 6.07) is 7.92. The lowest BCUT2D eigenvalue weighted by atomic mass is 10.1. The molecule has 0 bridgehead atoms. The lowest BCUT2D eigenvalue weighted by molar-refractivity contribution is 0.121. The third-order valence-corrected chi connectivity index (χ3v) is 5.78. The van der Waals surface area contributed by atoms with E-state index in [4.69, 9.17) is 28.4 Å². The Balaban J connectivity index is 1.64. The first-order chi connectivity index (χ1) is 15.6. The smallest absolute Gasteiger partial charge is 0.203 e. The van der Waals surface area contributed by atoms with Gasteiger partial charge in [0.05, 0.1) is 42.7 Å². The minimum Gasteiger partial charge on any atom is -0.496 e. The number of hydrogen-bond donors (Lipinski definition) is 0. The van der Waals surface area contributed by atoms with E-state index < -0.39 is 0 Å². The van der Waals surface area contributed by atoms with Crippen molar-refractivity contribution in [2.45, 2.75) is 13.1 Å². The highest BCUT2D eigenvalue weighted by Crippen LogP contribution is 2.39. The predicted octanol–water partition coefficient (Wildman–Crippen LogP) is 3.06. The van der Waals surface area contributed by atoms with Crippen LogP contribution in [0.25, 0.3) is 0 Å². The van der Waals surface area contributed by atoms with Gasteiger partial charge in [0.25, 0.3) is 0 Å². The van der Waals surface area contributed by atoms with Gasteiger partial charge in [-0.3, -0.25) is 9.80 Å². The Bertz CT molecular complexity index is 871. The van der Waals surface area contributed by atoms with Gasteiger partial charge in [-0.25, -0.2) is 0 Å². The second kappa shape index (κ2) is 11.2. The number of benzene rings is 2. The van der Waals surface area contributed by atoms with Gasteiger partial charge < -0.3 is 28.4 Å². The van der Waals surface area contributed by atoms with Crippen LogP contribution in [0.3, 0.4) is 0 Å². The van der Waals surface area contributed by atoms with Gasteiger partial charge in [-0.05, 0) is 23.8 Å². The summed E-state index contributed by atoms with van der Waals surface area (Å²) in [5, 5.41) is 0. The molecule has 0 saturated carbocycles. The van der Waals surface area contributed by atoms with Crippen molar-refractivity contribution in [3.05, 3.63) is 35.4 Å². The summed E-state index contributed by atoms with van der Waals surface area (Å²) in [5.74, 6) is 4.17. The molecule has 176 valence electrons. The topological polar surface area (TPSA) is 61.9 Å². The maximum atomic E-state index is 5.58. The Morgan fingerprint density at radius 3 is 1.47 bits per heavy atom. The lowest BCUT2D eigenvalue weighted by Gasteiger charge is -2.35. The molecular formula is C24H34N2O6. The molecule has 2 aromatic carbocycles. The van der Waals surface area contributed by atoms with Crippen LogP contribution < -0.4 is 28.4 Å². The lowest BCUT2D eigenvalue weighted by Crippen LogP contribution is -2.45. The number of methoxy groups -OCH3 is 6. The van der Waals surface area contributed by atoms with Crippen molar-refractivity contribution < 1.29 is 28.4 Å². The fourth-order valence-corrected chi connectivity index (χ4v) is 4.05. The first-order valence-corrected chi connectivity index (χ1v) is 10.6. The van der Waals surface area contributed by atoms with E-state index in [-0.39, 0.29) is 0 Å². The van der Waals surface area contributed by atoms with E-state index in [1.807, 2.05) is 24.3 Å². The highest BCUT2D eigenvalue weighted by molar-refractivity contribution is 5.54. The van der Waals surface area contributed by atoms with Crippen LogP contribution in [0.1, 0.15) is 11.1 Å². The van der Waals surface area contributed by atoms with Crippen LogP contribution in [0.5, 0.6) is 34.5 Å². The van der Waals surface area contributed by atoms with Crippen LogP contribution in [0.4, 0.5) is 0 Å². The van der Waals surface area contributed by atoms with Gasteiger partial charge in [-0.1, -0.05) is 0 Å². The summed E-state index contributed by atoms with van der Waals surface area (Å²) in [7, 11) is 9.86. The Labute approximate surface area is 190 Å². The number of hydrogen-bond acceptors (Lipinski definition) is 8. The molecule has 1 aliphatic heterocycles. The van der Waals surface area contributed by atoms with Gasteiger partial charge in [0, 0.05) is 50.9 Å². The second-order valence-electron chi connectivity index (χ2n) is 7.60. The van der Waals surface area contributed by atoms with Crippen molar-refractivity contribution in [3.8, 4) is 34.5 Å². The zero-order valence-electron chi connectivity index (χ0n) is 19.9. The summed E-state index contributed by atoms with van der Waals surface area (Å²) >= 11 is 0. The van der Waals surface area contributed by atoms with E-state index in [9.17, 15) is 0 Å². The summed E-state index contributed by atoms with van der Waals surface area (Å²) in [4.78, 5) is 4.86. The highest BCUT2D eigenvalue weighted by Gasteiger charge is 2.21. The van der Waals surface area contributed by atoms with Gasteiger partial charge in [0.2, 0.25) is 5.75 Å². The fourth-order valence-electron chi connectivity index (χ4n) is 4.05. The third-order valence-electron chi connectivity index (χ3n) is 5.78. The minimum absolute atomic E-state index is 0.618. The number of nitrogens with zero attached hydrogens (tertiary/aromatic N) is 2. The van der Waals surface area contributed by atoms with E-state index in [0.717, 1.165) is 56.1 Å². The molecule has 1 fully saturated rings. The molecule has 1 saturated heterocycles. The van der Waals surface area contributed by atoms with Crippen LogP contribution in [0.15, 0.2) is 24.3 Å². The summed E-state index contributed by atoms with van der Waals surface area (Å²) < 4.78 is 32.8. The van der Waals surface area contributed by atoms with Crippen LogP contribution >= 0.6 is 0 Å². The van der Waals surface area contributed by atoms with Crippen LogP contribution in [-0.4, -0.2) is 78.6 Å². The van der Waals surface area contributed by atoms with Crippen molar-refractivity contribution in [2.75, 3.05) is 68.8 Å². The van der Waals surface area contributed by atoms with Crippen molar-refractivity contribution in [2.24, 2.45) is 0 Å². The number of piperazine rings is 1. The van der Waals surface area contributed by atoms with Crippen molar-refractivity contribution in [3.63, 3.8) is 0 Å². The molecule has 2 aromatic rings. The standard InChI is InChI=1S/C24H34N2O6/c1-27-19-14-21(29-3)20(28-2)13-18(19)16-26-9-7-25(8-10-26)15-17-11-22(30-4)24(32-6)23(12-17)31-5/h11-14H,7-10,15-16H2,1-6H3. The average Bonchev–Trinajstić information content (AvgIpc) is 2.84. The summed E-state index contributed by atoms with van der Waals surface area (Å²) in [5.41, 5.74) is 2.22. The molecule has 0 N–H and O–H groups in total. The number of rotatable bonds is 10. The van der Waals surface area contributed by atoms with E-state index >= 15 is 0 Å². The molecule has 0 atom stereocenters. The second-order valence-corrected chi connectivity index (χ2v) is 7.60. The fraction of sp³-hybridized carbons (Fsp3) is 0.500. The molecule has 0 spiro atoms. The zero-order chi connectivity index (χ0) is 23.1. The Kier molecular flexibility index (Phi) is 8.30. The highest BCUT2D eigenvalue weighted by atomic mass is 16.5. The predicted molar refractivity (Wildman–Crippen MR) is 123 cm³/mol. The monoisotopic (exact) mass is 446 g/mol. The molecule has 0 unspecified atom stereocenters. The molecule has 8 nitrogen and oxygen atoms in total. The molecule has 0 aliphatic carbocycles. The summed E-state index contributed by atoms with van der Waals surface area (Å²) in [6.45, 7) is 5.47. The Morgan fingerprint density at radius 1 is 0.531 bits per heavy atom. The Hall–Kier alpha value is -2.84. The van der Waals surface area contributed by atoms with Gasteiger partial charge in [0.1, 0.15) is 5.75 Å². The van der Waals surface area contributed by atoms with Gasteiger partial charge in [-0.15, -0.1) is 0 Å². The maximum Gasteiger partial charge on any atom is 0.203 e. The molecule has 1 heterocycles. The molecule has 3 rings (SSSR count). The van der Waals surface area contributed by atoms with Crippen LogP contribution in [0, 0.1) is 0 Å². The Morgan fingerprint density at radius 2 is 1.00 bits per heavy atom. The normalized spacial score (nSPS) is 14.7. The van der Waals surface area contributed by atoms with Crippen LogP contribution in [-0.2, 0) is 13.1 Å². The zero-order valence-corrected chi connectivity index (χ0v) is 19.9. The summed E-state index contributed by atoms with van der Waals surface area (Å²) in [6.07, 6.45) is 0. The number of ether oxygens (including phenoxy) is 6. The molecule has 0 aromatic heterocycles. The largest absolute Gasteiger partial charge is 0.496 e. The first-order valence-electron chi connectivity index (χ1n) is 10.6. The van der Waals surface area contributed by atoms with E-state index in [0.29, 0.717) is 28.7 Å². The van der Waals surface area contributed by atoms with Gasteiger partial charge >= 0.3 is 0 Å². The van der Waals surface area contributed by atoms with E-state index in [2.05, 4.69) is 9.80 Å². The SMILES string of the molecule is COc1cc(OC)c(OC)cc1CN1CCN(Cc2cc(OC)c(OC)c(OC)c2)CC1. The molecule has 0 radical (unpaired) electrons. The molecule has 1 aliphatic rings. The maximum absolute atomic E-state index is 5.58. The third kappa shape index (κ3) is 5.31. The molecular weight excluding hydrogens is 412 g/mol. The van der Waals surface area contributed by atoms with Crippen LogP contribution in [0.2, 0.25) is 0 Å². The quantitative estimate of drug-likeness (QED) is 0.552. The molecule has 0 amide bonds. The van der Waals surface area contributed by atoms with Crippen molar-refractivity contribution in [1.29, 1.82) is 0 Å².